The Kier molecular flexibility index (Phi) is 7.51. The number of nitrogens with zero attached hydrogens (tertiary/aromatic N) is 2. The fraction of sp³-hybridized carbons (Fsp3) is 1.00. The summed E-state index contributed by atoms with van der Waals surface area (Å²) in [6.07, 6.45) is 2.54. The lowest BCUT2D eigenvalue weighted by molar-refractivity contribution is 0.0326. The van der Waals surface area contributed by atoms with Crippen LogP contribution >= 0.6 is 11.8 Å². The molecule has 1 fully saturated rings. The second-order valence-corrected chi connectivity index (χ2v) is 6.08. The van der Waals surface area contributed by atoms with Crippen LogP contribution in [0.4, 0.5) is 0 Å². The fourth-order valence-electron chi connectivity index (χ4n) is 2.23. The van der Waals surface area contributed by atoms with Gasteiger partial charge in [0.2, 0.25) is 0 Å². The summed E-state index contributed by atoms with van der Waals surface area (Å²) in [5.41, 5.74) is 0. The van der Waals surface area contributed by atoms with Crippen LogP contribution in [-0.4, -0.2) is 73.3 Å². The van der Waals surface area contributed by atoms with Crippen molar-refractivity contribution in [2.45, 2.75) is 32.9 Å². The van der Waals surface area contributed by atoms with E-state index in [1.165, 1.54) is 31.9 Å². The first-order valence-corrected chi connectivity index (χ1v) is 8.09. The molecule has 3 nitrogen and oxygen atoms in total. The van der Waals surface area contributed by atoms with Crippen LogP contribution in [-0.2, 0) is 4.74 Å². The Morgan fingerprint density at radius 1 is 1.29 bits per heavy atom. The lowest BCUT2D eigenvalue weighted by Crippen LogP contribution is -2.53. The van der Waals surface area contributed by atoms with Gasteiger partial charge >= 0.3 is 0 Å². The summed E-state index contributed by atoms with van der Waals surface area (Å²) in [4.78, 5) is 5.14. The minimum Gasteiger partial charge on any atom is -0.377 e. The minimum atomic E-state index is 0.357. The quantitative estimate of drug-likeness (QED) is 0.693. The van der Waals surface area contributed by atoms with Crippen LogP contribution in [0, 0.1) is 0 Å². The first-order valence-electron chi connectivity index (χ1n) is 6.70. The molecule has 0 N–H and O–H groups in total. The third kappa shape index (κ3) is 6.09. The molecule has 0 unspecified atom stereocenters. The molecule has 1 aliphatic heterocycles. The molecule has 1 rings (SSSR count). The van der Waals surface area contributed by atoms with Crippen LogP contribution < -0.4 is 0 Å². The molecule has 1 saturated heterocycles. The van der Waals surface area contributed by atoms with Gasteiger partial charge in [-0.1, -0.05) is 0 Å². The summed E-state index contributed by atoms with van der Waals surface area (Å²) in [6, 6.07) is 0.690. The van der Waals surface area contributed by atoms with E-state index in [0.29, 0.717) is 12.1 Å². The highest BCUT2D eigenvalue weighted by atomic mass is 32.2. The Balaban J connectivity index is 2.17. The Hall–Kier alpha value is 0.230. The van der Waals surface area contributed by atoms with Crippen molar-refractivity contribution in [3.05, 3.63) is 0 Å². The van der Waals surface area contributed by atoms with Gasteiger partial charge in [0.15, 0.2) is 0 Å². The Bertz CT molecular complexity index is 202. The molecular weight excluding hydrogens is 232 g/mol. The van der Waals surface area contributed by atoms with Gasteiger partial charge in [-0.2, -0.15) is 11.8 Å². The Morgan fingerprint density at radius 3 is 2.65 bits per heavy atom. The fourth-order valence-corrected chi connectivity index (χ4v) is 2.65. The number of hydrogen-bond donors (Lipinski definition) is 0. The molecular formula is C13H28N2OS. The van der Waals surface area contributed by atoms with Crippen molar-refractivity contribution in [1.29, 1.82) is 0 Å². The van der Waals surface area contributed by atoms with Gasteiger partial charge in [-0.05, 0) is 27.0 Å². The maximum Gasteiger partial charge on any atom is 0.0596 e. The maximum absolute atomic E-state index is 5.61. The van der Waals surface area contributed by atoms with Gasteiger partial charge in [0.1, 0.15) is 0 Å². The first-order chi connectivity index (χ1) is 8.13. The van der Waals surface area contributed by atoms with Gasteiger partial charge in [0.25, 0.3) is 0 Å². The van der Waals surface area contributed by atoms with Crippen LogP contribution in [0.1, 0.15) is 20.8 Å². The van der Waals surface area contributed by atoms with Crippen LogP contribution in [0.15, 0.2) is 0 Å². The zero-order valence-electron chi connectivity index (χ0n) is 11.8. The monoisotopic (exact) mass is 260 g/mol. The van der Waals surface area contributed by atoms with Crippen LogP contribution in [0.2, 0.25) is 0 Å². The molecule has 1 heterocycles. The predicted molar refractivity (Wildman–Crippen MR) is 76.9 cm³/mol. The van der Waals surface area contributed by atoms with E-state index in [2.05, 4.69) is 36.8 Å². The number of hydrogen-bond acceptors (Lipinski definition) is 4. The van der Waals surface area contributed by atoms with Crippen molar-refractivity contribution >= 4 is 11.8 Å². The van der Waals surface area contributed by atoms with E-state index in [4.69, 9.17) is 4.74 Å². The summed E-state index contributed by atoms with van der Waals surface area (Å²) in [5.74, 6) is 1.25. The molecule has 0 aromatic rings. The normalized spacial score (nSPS) is 23.5. The largest absolute Gasteiger partial charge is 0.377 e. The van der Waals surface area contributed by atoms with Crippen LogP contribution in [0.5, 0.6) is 0 Å². The predicted octanol–water partition coefficient (Wildman–Crippen LogP) is 1.78. The van der Waals surface area contributed by atoms with E-state index in [1.807, 2.05) is 11.8 Å². The molecule has 0 bridgehead atoms. The number of thioether (sulfide) groups is 1. The van der Waals surface area contributed by atoms with Gasteiger partial charge in [0.05, 0.1) is 12.7 Å². The Morgan fingerprint density at radius 2 is 2.06 bits per heavy atom. The highest BCUT2D eigenvalue weighted by Crippen LogP contribution is 2.10. The molecule has 102 valence electrons. The number of rotatable bonds is 7. The average molecular weight is 260 g/mol. The van der Waals surface area contributed by atoms with Crippen LogP contribution in [0.25, 0.3) is 0 Å². The second-order valence-electron chi connectivity index (χ2n) is 5.10. The second kappa shape index (κ2) is 8.35. The van der Waals surface area contributed by atoms with E-state index in [-0.39, 0.29) is 0 Å². The van der Waals surface area contributed by atoms with Gasteiger partial charge in [0, 0.05) is 44.5 Å². The molecule has 0 aliphatic carbocycles. The Labute approximate surface area is 111 Å². The van der Waals surface area contributed by atoms with E-state index in [9.17, 15) is 0 Å². The lowest BCUT2D eigenvalue weighted by atomic mass is 10.2. The minimum absolute atomic E-state index is 0.357. The molecule has 0 amide bonds. The summed E-state index contributed by atoms with van der Waals surface area (Å²) >= 11 is 1.94. The molecule has 0 aromatic heterocycles. The SMILES string of the molecule is CSCCN1CCN(CCOC(C)C)C[C@@H]1C. The molecule has 0 saturated carbocycles. The average Bonchev–Trinajstić information content (AvgIpc) is 2.27. The molecule has 0 spiro atoms. The topological polar surface area (TPSA) is 15.7 Å². The van der Waals surface area contributed by atoms with Crippen molar-refractivity contribution in [1.82, 2.24) is 9.80 Å². The standard InChI is InChI=1S/C13H28N2OS/c1-12(2)16-9-7-14-5-6-15(8-10-17-4)13(3)11-14/h12-13H,5-11H2,1-4H3/t13-/m0/s1. The highest BCUT2D eigenvalue weighted by molar-refractivity contribution is 7.98. The van der Waals surface area contributed by atoms with Gasteiger partial charge in [-0.3, -0.25) is 9.80 Å². The van der Waals surface area contributed by atoms with Crippen molar-refractivity contribution in [2.75, 3.05) is 51.3 Å². The van der Waals surface area contributed by atoms with E-state index >= 15 is 0 Å². The molecule has 4 heteroatoms. The van der Waals surface area contributed by atoms with Crippen molar-refractivity contribution in [3.8, 4) is 0 Å². The summed E-state index contributed by atoms with van der Waals surface area (Å²) in [6.45, 7) is 13.3. The van der Waals surface area contributed by atoms with E-state index in [0.717, 1.165) is 13.2 Å². The van der Waals surface area contributed by atoms with Crippen LogP contribution in [0.3, 0.4) is 0 Å². The van der Waals surface area contributed by atoms with Gasteiger partial charge < -0.3 is 4.74 Å². The molecule has 17 heavy (non-hydrogen) atoms. The van der Waals surface area contributed by atoms with E-state index < -0.39 is 0 Å². The third-order valence-corrected chi connectivity index (χ3v) is 3.88. The highest BCUT2D eigenvalue weighted by Gasteiger charge is 2.22. The molecule has 1 atom stereocenters. The van der Waals surface area contributed by atoms with Crippen molar-refractivity contribution in [2.24, 2.45) is 0 Å². The molecule has 0 radical (unpaired) electrons. The first kappa shape index (κ1) is 15.3. The molecule has 1 aliphatic rings. The third-order valence-electron chi connectivity index (χ3n) is 3.29. The van der Waals surface area contributed by atoms with E-state index in [1.54, 1.807) is 0 Å². The summed E-state index contributed by atoms with van der Waals surface area (Å²) in [7, 11) is 0. The smallest absolute Gasteiger partial charge is 0.0596 e. The number of piperazine rings is 1. The zero-order valence-corrected chi connectivity index (χ0v) is 12.6. The van der Waals surface area contributed by atoms with Crippen molar-refractivity contribution in [3.63, 3.8) is 0 Å². The maximum atomic E-state index is 5.61. The van der Waals surface area contributed by atoms with Gasteiger partial charge in [-0.15, -0.1) is 0 Å². The van der Waals surface area contributed by atoms with Gasteiger partial charge in [-0.25, -0.2) is 0 Å². The number of ether oxygens (including phenoxy) is 1. The molecule has 0 aromatic carbocycles. The summed E-state index contributed by atoms with van der Waals surface area (Å²) in [5, 5.41) is 0. The van der Waals surface area contributed by atoms with Crippen molar-refractivity contribution < 1.29 is 4.74 Å². The zero-order chi connectivity index (χ0) is 12.7. The lowest BCUT2D eigenvalue weighted by Gasteiger charge is -2.39. The summed E-state index contributed by atoms with van der Waals surface area (Å²) < 4.78 is 5.61.